The minimum atomic E-state index is -4.38. The number of hydrogen-bond donors (Lipinski definition) is 2. The summed E-state index contributed by atoms with van der Waals surface area (Å²) in [6, 6.07) is -0.280. The zero-order valence-electron chi connectivity index (χ0n) is 9.70. The summed E-state index contributed by atoms with van der Waals surface area (Å²) in [5, 5.41) is 3.10. The van der Waals surface area contributed by atoms with E-state index < -0.39 is 12.8 Å². The molecule has 0 saturated heterocycles. The predicted octanol–water partition coefficient (Wildman–Crippen LogP) is 0.856. The Labute approximate surface area is 103 Å². The number of ether oxygens (including phenoxy) is 1. The SMILES string of the molecule is NCCCNCc1cnc(OCC(F)(F)F)nc1. The van der Waals surface area contributed by atoms with Gasteiger partial charge in [0.15, 0.2) is 6.61 Å². The van der Waals surface area contributed by atoms with E-state index >= 15 is 0 Å². The average molecular weight is 264 g/mol. The van der Waals surface area contributed by atoms with Crippen LogP contribution < -0.4 is 15.8 Å². The van der Waals surface area contributed by atoms with Crippen molar-refractivity contribution in [3.8, 4) is 6.01 Å². The summed E-state index contributed by atoms with van der Waals surface area (Å²) >= 11 is 0. The molecule has 0 aliphatic heterocycles. The number of nitrogens with one attached hydrogen (secondary N) is 1. The largest absolute Gasteiger partial charge is 0.454 e. The van der Waals surface area contributed by atoms with Crippen LogP contribution in [0.25, 0.3) is 0 Å². The second-order valence-electron chi connectivity index (χ2n) is 3.60. The molecule has 0 atom stereocenters. The Morgan fingerprint density at radius 2 is 1.94 bits per heavy atom. The van der Waals surface area contributed by atoms with Crippen LogP contribution >= 0.6 is 0 Å². The Morgan fingerprint density at radius 1 is 1.28 bits per heavy atom. The molecule has 0 spiro atoms. The highest BCUT2D eigenvalue weighted by Gasteiger charge is 2.28. The third kappa shape index (κ3) is 6.36. The summed E-state index contributed by atoms with van der Waals surface area (Å²) in [5.41, 5.74) is 6.09. The zero-order chi connectivity index (χ0) is 13.4. The van der Waals surface area contributed by atoms with Crippen molar-refractivity contribution < 1.29 is 17.9 Å². The topological polar surface area (TPSA) is 73.1 Å². The highest BCUT2D eigenvalue weighted by Crippen LogP contribution is 2.15. The van der Waals surface area contributed by atoms with Gasteiger partial charge in [-0.15, -0.1) is 0 Å². The molecule has 0 bridgehead atoms. The zero-order valence-corrected chi connectivity index (χ0v) is 9.70. The molecular weight excluding hydrogens is 249 g/mol. The highest BCUT2D eigenvalue weighted by molar-refractivity contribution is 5.07. The van der Waals surface area contributed by atoms with Crippen molar-refractivity contribution in [3.63, 3.8) is 0 Å². The lowest BCUT2D eigenvalue weighted by atomic mass is 10.3. The summed E-state index contributed by atoms with van der Waals surface area (Å²) in [7, 11) is 0. The molecule has 0 radical (unpaired) electrons. The first kappa shape index (κ1) is 14.7. The van der Waals surface area contributed by atoms with Gasteiger partial charge >= 0.3 is 12.2 Å². The van der Waals surface area contributed by atoms with Crippen molar-refractivity contribution in [1.82, 2.24) is 15.3 Å². The van der Waals surface area contributed by atoms with E-state index in [1.54, 1.807) is 0 Å². The summed E-state index contributed by atoms with van der Waals surface area (Å²) in [5.74, 6) is 0. The van der Waals surface area contributed by atoms with Crippen LogP contribution in [-0.2, 0) is 6.54 Å². The van der Waals surface area contributed by atoms with Gasteiger partial charge in [0.25, 0.3) is 0 Å². The number of nitrogens with zero attached hydrogens (tertiary/aromatic N) is 2. The summed E-state index contributed by atoms with van der Waals surface area (Å²) in [4.78, 5) is 7.37. The van der Waals surface area contributed by atoms with Crippen LogP contribution in [0.1, 0.15) is 12.0 Å². The summed E-state index contributed by atoms with van der Waals surface area (Å²) in [6.07, 6.45) is -0.679. The van der Waals surface area contributed by atoms with E-state index in [0.717, 1.165) is 18.5 Å². The number of rotatable bonds is 7. The minimum Gasteiger partial charge on any atom is -0.454 e. The van der Waals surface area contributed by atoms with Crippen LogP contribution in [0.4, 0.5) is 13.2 Å². The van der Waals surface area contributed by atoms with E-state index in [9.17, 15) is 13.2 Å². The minimum absolute atomic E-state index is 0.280. The van der Waals surface area contributed by atoms with Gasteiger partial charge in [-0.25, -0.2) is 9.97 Å². The Morgan fingerprint density at radius 3 is 2.50 bits per heavy atom. The normalized spacial score (nSPS) is 11.6. The van der Waals surface area contributed by atoms with Crippen molar-refractivity contribution in [3.05, 3.63) is 18.0 Å². The van der Waals surface area contributed by atoms with E-state index in [0.29, 0.717) is 13.1 Å². The molecule has 0 aliphatic rings. The van der Waals surface area contributed by atoms with Crippen molar-refractivity contribution in [2.45, 2.75) is 19.1 Å². The van der Waals surface area contributed by atoms with E-state index in [1.165, 1.54) is 12.4 Å². The van der Waals surface area contributed by atoms with Gasteiger partial charge in [0.2, 0.25) is 0 Å². The molecule has 3 N–H and O–H groups in total. The van der Waals surface area contributed by atoms with Gasteiger partial charge in [0.05, 0.1) is 0 Å². The van der Waals surface area contributed by atoms with Gasteiger partial charge in [-0.2, -0.15) is 13.2 Å². The number of nitrogens with two attached hydrogens (primary N) is 1. The molecule has 0 amide bonds. The maximum atomic E-state index is 11.9. The molecule has 1 heterocycles. The first-order valence-electron chi connectivity index (χ1n) is 5.42. The van der Waals surface area contributed by atoms with Crippen LogP contribution in [0, 0.1) is 0 Å². The lowest BCUT2D eigenvalue weighted by Gasteiger charge is -2.08. The summed E-state index contributed by atoms with van der Waals surface area (Å²) in [6.45, 7) is 0.525. The fraction of sp³-hybridized carbons (Fsp3) is 0.600. The lowest BCUT2D eigenvalue weighted by Crippen LogP contribution is -2.20. The molecule has 18 heavy (non-hydrogen) atoms. The Bertz CT molecular complexity index is 342. The number of aromatic nitrogens is 2. The van der Waals surface area contributed by atoms with Gasteiger partial charge in [-0.1, -0.05) is 0 Å². The van der Waals surface area contributed by atoms with Crippen LogP contribution in [0.2, 0.25) is 0 Å². The van der Waals surface area contributed by atoms with Gasteiger partial charge < -0.3 is 15.8 Å². The summed E-state index contributed by atoms with van der Waals surface area (Å²) < 4.78 is 40.0. The molecule has 1 rings (SSSR count). The van der Waals surface area contributed by atoms with Crippen LogP contribution in [0.3, 0.4) is 0 Å². The quantitative estimate of drug-likeness (QED) is 0.714. The first-order valence-corrected chi connectivity index (χ1v) is 5.42. The van der Waals surface area contributed by atoms with E-state index in [2.05, 4.69) is 20.0 Å². The molecule has 1 aromatic heterocycles. The maximum Gasteiger partial charge on any atom is 0.422 e. The number of alkyl halides is 3. The molecule has 5 nitrogen and oxygen atoms in total. The first-order chi connectivity index (χ1) is 8.51. The highest BCUT2D eigenvalue weighted by atomic mass is 19.4. The lowest BCUT2D eigenvalue weighted by molar-refractivity contribution is -0.154. The fourth-order valence-corrected chi connectivity index (χ4v) is 1.11. The van der Waals surface area contributed by atoms with Crippen molar-refractivity contribution in [2.75, 3.05) is 19.7 Å². The number of halogens is 3. The maximum absolute atomic E-state index is 11.9. The monoisotopic (exact) mass is 264 g/mol. The van der Waals surface area contributed by atoms with Gasteiger partial charge in [-0.05, 0) is 19.5 Å². The Kier molecular flexibility index (Phi) is 5.79. The van der Waals surface area contributed by atoms with Gasteiger partial charge in [-0.3, -0.25) is 0 Å². The van der Waals surface area contributed by atoms with Crippen molar-refractivity contribution >= 4 is 0 Å². The third-order valence-electron chi connectivity index (χ3n) is 1.93. The molecule has 0 saturated carbocycles. The predicted molar refractivity (Wildman–Crippen MR) is 59.0 cm³/mol. The standard InChI is InChI=1S/C10H15F3N4O/c11-10(12,13)7-18-9-16-5-8(6-17-9)4-15-3-1-2-14/h5-6,15H,1-4,7,14H2. The van der Waals surface area contributed by atoms with E-state index in [-0.39, 0.29) is 6.01 Å². The van der Waals surface area contributed by atoms with Crippen LogP contribution in [-0.4, -0.2) is 35.8 Å². The van der Waals surface area contributed by atoms with Gasteiger partial charge in [0.1, 0.15) is 0 Å². The molecule has 0 unspecified atom stereocenters. The molecule has 0 aliphatic carbocycles. The molecular formula is C10H15F3N4O. The van der Waals surface area contributed by atoms with Crippen LogP contribution in [0.5, 0.6) is 6.01 Å². The molecule has 0 aromatic carbocycles. The van der Waals surface area contributed by atoms with Crippen molar-refractivity contribution in [1.29, 1.82) is 0 Å². The molecule has 102 valence electrons. The third-order valence-corrected chi connectivity index (χ3v) is 1.93. The number of hydrogen-bond acceptors (Lipinski definition) is 5. The molecule has 0 fully saturated rings. The van der Waals surface area contributed by atoms with Gasteiger partial charge in [0, 0.05) is 24.5 Å². The smallest absolute Gasteiger partial charge is 0.422 e. The Balaban J connectivity index is 2.33. The second kappa shape index (κ2) is 7.12. The van der Waals surface area contributed by atoms with E-state index in [1.807, 2.05) is 0 Å². The second-order valence-corrected chi connectivity index (χ2v) is 3.60. The van der Waals surface area contributed by atoms with E-state index in [4.69, 9.17) is 5.73 Å². The van der Waals surface area contributed by atoms with Crippen LogP contribution in [0.15, 0.2) is 12.4 Å². The molecule has 1 aromatic rings. The fourth-order valence-electron chi connectivity index (χ4n) is 1.11. The Hall–Kier alpha value is -1.41. The average Bonchev–Trinajstić information content (AvgIpc) is 2.33. The molecule has 8 heteroatoms. The van der Waals surface area contributed by atoms with Crippen molar-refractivity contribution in [2.24, 2.45) is 5.73 Å².